The lowest BCUT2D eigenvalue weighted by atomic mass is 10.00. The van der Waals surface area contributed by atoms with Gasteiger partial charge in [-0.2, -0.15) is 0 Å². The van der Waals surface area contributed by atoms with Gasteiger partial charge in [0.2, 0.25) is 0 Å². The monoisotopic (exact) mass is 187 g/mol. The average Bonchev–Trinajstić information content (AvgIpc) is 2.38. The van der Waals surface area contributed by atoms with Crippen molar-refractivity contribution >= 4 is 10.9 Å². The smallest absolute Gasteiger partial charge is 0.0513 e. The molecule has 0 saturated heterocycles. The minimum atomic E-state index is 1.37. The van der Waals surface area contributed by atoms with Crippen LogP contribution in [0.15, 0.2) is 12.3 Å². The lowest BCUT2D eigenvalue weighted by molar-refractivity contribution is 0.959. The Hall–Kier alpha value is -1.24. The Bertz CT molecular complexity index is 504. The van der Waals surface area contributed by atoms with Crippen LogP contribution in [0.3, 0.4) is 0 Å². The zero-order valence-corrected chi connectivity index (χ0v) is 9.60. The van der Waals surface area contributed by atoms with Crippen LogP contribution in [0, 0.1) is 27.7 Å². The Labute approximate surface area is 85.4 Å². The van der Waals surface area contributed by atoms with Crippen molar-refractivity contribution in [2.75, 3.05) is 0 Å². The average molecular weight is 187 g/mol. The molecule has 0 aliphatic carbocycles. The van der Waals surface area contributed by atoms with E-state index in [1.807, 2.05) is 0 Å². The van der Waals surface area contributed by atoms with Crippen molar-refractivity contribution in [2.24, 2.45) is 7.05 Å². The molecule has 2 aromatic rings. The van der Waals surface area contributed by atoms with Gasteiger partial charge >= 0.3 is 0 Å². The van der Waals surface area contributed by atoms with Crippen LogP contribution in [0.1, 0.15) is 22.3 Å². The number of nitrogens with zero attached hydrogens (tertiary/aromatic N) is 1. The van der Waals surface area contributed by atoms with Crippen molar-refractivity contribution in [1.82, 2.24) is 4.57 Å². The molecule has 0 N–H and O–H groups in total. The van der Waals surface area contributed by atoms with Gasteiger partial charge in [0.05, 0.1) is 5.52 Å². The third-order valence-electron chi connectivity index (χ3n) is 3.14. The third kappa shape index (κ3) is 1.08. The first-order valence-electron chi connectivity index (χ1n) is 5.05. The predicted octanol–water partition coefficient (Wildman–Crippen LogP) is 3.41. The largest absolute Gasteiger partial charge is 0.350 e. The van der Waals surface area contributed by atoms with E-state index >= 15 is 0 Å². The molecule has 2 rings (SSSR count). The third-order valence-corrected chi connectivity index (χ3v) is 3.14. The Balaban J connectivity index is 3.05. The highest BCUT2D eigenvalue weighted by molar-refractivity contribution is 5.90. The van der Waals surface area contributed by atoms with E-state index in [1.54, 1.807) is 0 Å². The zero-order valence-electron chi connectivity index (χ0n) is 9.60. The van der Waals surface area contributed by atoms with Crippen LogP contribution in [0.25, 0.3) is 10.9 Å². The summed E-state index contributed by atoms with van der Waals surface area (Å²) in [6, 6.07) is 2.27. The molecule has 1 aromatic carbocycles. The highest BCUT2D eigenvalue weighted by Gasteiger charge is 2.09. The fourth-order valence-electron chi connectivity index (χ4n) is 2.43. The second-order valence-electron chi connectivity index (χ2n) is 4.28. The van der Waals surface area contributed by atoms with E-state index in [9.17, 15) is 0 Å². The Morgan fingerprint density at radius 2 is 1.57 bits per heavy atom. The van der Waals surface area contributed by atoms with E-state index in [4.69, 9.17) is 0 Å². The SMILES string of the molecule is Cc1cc(C)c2c(c(C)cn2C)c1C. The molecular weight excluding hydrogens is 170 g/mol. The van der Waals surface area contributed by atoms with Crippen molar-refractivity contribution in [3.8, 4) is 0 Å². The van der Waals surface area contributed by atoms with Gasteiger partial charge in [-0.3, -0.25) is 0 Å². The standard InChI is InChI=1S/C13H17N/c1-8-6-9(2)13-12(11(8)4)10(3)7-14(13)5/h6-7H,1-5H3. The van der Waals surface area contributed by atoms with Gasteiger partial charge in [-0.1, -0.05) is 6.07 Å². The number of aryl methyl sites for hydroxylation is 5. The van der Waals surface area contributed by atoms with Crippen LogP contribution < -0.4 is 0 Å². The molecule has 1 heteroatoms. The second-order valence-corrected chi connectivity index (χ2v) is 4.28. The molecule has 1 aromatic heterocycles. The van der Waals surface area contributed by atoms with Gasteiger partial charge in [-0.25, -0.2) is 0 Å². The van der Waals surface area contributed by atoms with E-state index in [-0.39, 0.29) is 0 Å². The van der Waals surface area contributed by atoms with E-state index in [1.165, 1.54) is 33.2 Å². The zero-order chi connectivity index (χ0) is 10.5. The van der Waals surface area contributed by atoms with E-state index in [2.05, 4.69) is 51.6 Å². The Kier molecular flexibility index (Phi) is 1.91. The van der Waals surface area contributed by atoms with Crippen molar-refractivity contribution in [1.29, 1.82) is 0 Å². The minimum absolute atomic E-state index is 1.37. The van der Waals surface area contributed by atoms with E-state index in [0.29, 0.717) is 0 Å². The maximum Gasteiger partial charge on any atom is 0.0513 e. The predicted molar refractivity (Wildman–Crippen MR) is 61.9 cm³/mol. The van der Waals surface area contributed by atoms with Gasteiger partial charge in [0, 0.05) is 18.6 Å². The van der Waals surface area contributed by atoms with Gasteiger partial charge in [-0.15, -0.1) is 0 Å². The van der Waals surface area contributed by atoms with Crippen LogP contribution in [-0.2, 0) is 7.05 Å². The molecule has 0 atom stereocenters. The molecule has 0 aliphatic heterocycles. The molecule has 0 bridgehead atoms. The number of hydrogen-bond donors (Lipinski definition) is 0. The number of benzene rings is 1. The minimum Gasteiger partial charge on any atom is -0.350 e. The molecule has 1 heterocycles. The van der Waals surface area contributed by atoms with Gasteiger partial charge in [0.15, 0.2) is 0 Å². The molecule has 0 saturated carbocycles. The molecule has 0 amide bonds. The Morgan fingerprint density at radius 1 is 0.929 bits per heavy atom. The maximum atomic E-state index is 2.27. The summed E-state index contributed by atoms with van der Waals surface area (Å²) >= 11 is 0. The number of fused-ring (bicyclic) bond motifs is 1. The van der Waals surface area contributed by atoms with Crippen molar-refractivity contribution < 1.29 is 0 Å². The first-order valence-corrected chi connectivity index (χ1v) is 5.05. The fourth-order valence-corrected chi connectivity index (χ4v) is 2.43. The molecule has 1 nitrogen and oxygen atoms in total. The van der Waals surface area contributed by atoms with Gasteiger partial charge < -0.3 is 4.57 Å². The molecule has 0 spiro atoms. The van der Waals surface area contributed by atoms with Crippen molar-refractivity contribution in [3.63, 3.8) is 0 Å². The number of aromatic nitrogens is 1. The van der Waals surface area contributed by atoms with Crippen LogP contribution in [0.2, 0.25) is 0 Å². The van der Waals surface area contributed by atoms with Crippen molar-refractivity contribution in [2.45, 2.75) is 27.7 Å². The summed E-state index contributed by atoms with van der Waals surface area (Å²) in [7, 11) is 2.12. The molecule has 14 heavy (non-hydrogen) atoms. The number of hydrogen-bond acceptors (Lipinski definition) is 0. The summed E-state index contributed by atoms with van der Waals surface area (Å²) in [4.78, 5) is 0. The van der Waals surface area contributed by atoms with Crippen LogP contribution in [0.4, 0.5) is 0 Å². The Morgan fingerprint density at radius 3 is 2.21 bits per heavy atom. The molecule has 74 valence electrons. The topological polar surface area (TPSA) is 4.93 Å². The van der Waals surface area contributed by atoms with Crippen LogP contribution in [-0.4, -0.2) is 4.57 Å². The van der Waals surface area contributed by atoms with E-state index in [0.717, 1.165) is 0 Å². The lowest BCUT2D eigenvalue weighted by Gasteiger charge is -2.07. The first-order chi connectivity index (χ1) is 6.52. The molecular formula is C13H17N. The van der Waals surface area contributed by atoms with Gasteiger partial charge in [-0.05, 0) is 49.9 Å². The summed E-state index contributed by atoms with van der Waals surface area (Å²) in [5, 5.41) is 1.44. The summed E-state index contributed by atoms with van der Waals surface area (Å²) in [6.07, 6.45) is 2.21. The molecule has 0 unspecified atom stereocenters. The summed E-state index contributed by atoms with van der Waals surface area (Å²) in [6.45, 7) is 8.78. The lowest BCUT2D eigenvalue weighted by Crippen LogP contribution is -1.91. The second kappa shape index (κ2) is 2.88. The van der Waals surface area contributed by atoms with E-state index < -0.39 is 0 Å². The molecule has 0 aliphatic rings. The summed E-state index contributed by atoms with van der Waals surface area (Å²) in [5.41, 5.74) is 6.95. The first kappa shape index (κ1) is 9.32. The van der Waals surface area contributed by atoms with Crippen LogP contribution >= 0.6 is 0 Å². The highest BCUT2D eigenvalue weighted by atomic mass is 14.9. The maximum absolute atomic E-state index is 2.27. The molecule has 0 fully saturated rings. The summed E-state index contributed by atoms with van der Waals surface area (Å²) < 4.78 is 2.23. The van der Waals surface area contributed by atoms with Crippen molar-refractivity contribution in [3.05, 3.63) is 34.5 Å². The van der Waals surface area contributed by atoms with Gasteiger partial charge in [0.25, 0.3) is 0 Å². The van der Waals surface area contributed by atoms with Crippen LogP contribution in [0.5, 0.6) is 0 Å². The highest BCUT2D eigenvalue weighted by Crippen LogP contribution is 2.28. The fraction of sp³-hybridized carbons (Fsp3) is 0.385. The normalized spacial score (nSPS) is 11.2. The number of rotatable bonds is 0. The van der Waals surface area contributed by atoms with Gasteiger partial charge in [0.1, 0.15) is 0 Å². The molecule has 0 radical (unpaired) electrons. The summed E-state index contributed by atoms with van der Waals surface area (Å²) in [5.74, 6) is 0. The quantitative estimate of drug-likeness (QED) is 0.595.